The Balaban J connectivity index is 1.63. The van der Waals surface area contributed by atoms with Crippen molar-refractivity contribution in [3.05, 3.63) is 23.0 Å². The normalized spacial score (nSPS) is 30.3. The molecule has 0 aliphatic carbocycles. The lowest BCUT2D eigenvalue weighted by atomic mass is 9.95. The molecule has 3 heteroatoms. The summed E-state index contributed by atoms with van der Waals surface area (Å²) in [5.41, 5.74) is 4.22. The third-order valence-corrected chi connectivity index (χ3v) is 4.66. The molecule has 2 aliphatic heterocycles. The minimum Gasteiger partial charge on any atom is -0.373 e. The van der Waals surface area contributed by atoms with Gasteiger partial charge in [0, 0.05) is 30.5 Å². The second-order valence-corrected chi connectivity index (χ2v) is 5.74. The van der Waals surface area contributed by atoms with E-state index in [4.69, 9.17) is 4.74 Å². The van der Waals surface area contributed by atoms with Gasteiger partial charge in [-0.15, -0.1) is 0 Å². The van der Waals surface area contributed by atoms with Crippen molar-refractivity contribution in [2.75, 3.05) is 0 Å². The van der Waals surface area contributed by atoms with Crippen LogP contribution in [0, 0.1) is 13.8 Å². The monoisotopic (exact) mass is 248 g/mol. The minimum absolute atomic E-state index is 0.477. The Labute approximate surface area is 110 Å². The Morgan fingerprint density at radius 3 is 2.78 bits per heavy atom. The summed E-state index contributed by atoms with van der Waals surface area (Å²) in [7, 11) is 0. The largest absolute Gasteiger partial charge is 0.373 e. The van der Waals surface area contributed by atoms with E-state index in [1.807, 2.05) is 0 Å². The van der Waals surface area contributed by atoms with E-state index in [0.29, 0.717) is 18.2 Å². The number of nitrogens with zero attached hydrogens (tertiary/aromatic N) is 1. The van der Waals surface area contributed by atoms with Crippen LogP contribution in [0.1, 0.15) is 43.1 Å². The molecule has 100 valence electrons. The molecule has 1 aromatic heterocycles. The Hall–Kier alpha value is -0.800. The number of fused-ring (bicyclic) bond motifs is 2. The quantitative estimate of drug-likeness (QED) is 0.886. The van der Waals surface area contributed by atoms with Gasteiger partial charge in [0.15, 0.2) is 0 Å². The SMILES string of the molecule is CCn1c(C)cc(CNC2CC3CCC2O3)c1C. The lowest BCUT2D eigenvalue weighted by Gasteiger charge is -2.20. The molecule has 2 saturated heterocycles. The molecule has 1 aromatic rings. The molecule has 0 radical (unpaired) electrons. The van der Waals surface area contributed by atoms with Crippen LogP contribution < -0.4 is 5.32 Å². The molecule has 0 aromatic carbocycles. The van der Waals surface area contributed by atoms with Crippen LogP contribution in [0.25, 0.3) is 0 Å². The molecule has 3 atom stereocenters. The number of nitrogens with one attached hydrogen (secondary N) is 1. The fourth-order valence-electron chi connectivity index (χ4n) is 3.63. The van der Waals surface area contributed by atoms with Gasteiger partial charge < -0.3 is 14.6 Å². The van der Waals surface area contributed by atoms with Gasteiger partial charge in [-0.2, -0.15) is 0 Å². The van der Waals surface area contributed by atoms with Gasteiger partial charge in [-0.1, -0.05) is 0 Å². The zero-order valence-electron chi connectivity index (χ0n) is 11.7. The van der Waals surface area contributed by atoms with Crippen molar-refractivity contribution in [1.29, 1.82) is 0 Å². The summed E-state index contributed by atoms with van der Waals surface area (Å²) in [4.78, 5) is 0. The minimum atomic E-state index is 0.477. The van der Waals surface area contributed by atoms with E-state index in [-0.39, 0.29) is 0 Å². The van der Waals surface area contributed by atoms with Gasteiger partial charge in [0.05, 0.1) is 12.2 Å². The predicted molar refractivity (Wildman–Crippen MR) is 72.7 cm³/mol. The topological polar surface area (TPSA) is 26.2 Å². The summed E-state index contributed by atoms with van der Waals surface area (Å²) in [6.45, 7) is 8.68. The first kappa shape index (κ1) is 12.2. The van der Waals surface area contributed by atoms with Crippen molar-refractivity contribution < 1.29 is 4.74 Å². The molecule has 2 bridgehead atoms. The van der Waals surface area contributed by atoms with Gasteiger partial charge in [-0.3, -0.25) is 0 Å². The Kier molecular flexibility index (Phi) is 3.20. The highest BCUT2D eigenvalue weighted by Crippen LogP contribution is 2.34. The average Bonchev–Trinajstić information content (AvgIpc) is 3.02. The smallest absolute Gasteiger partial charge is 0.0733 e. The highest BCUT2D eigenvalue weighted by Gasteiger charge is 2.40. The predicted octanol–water partition coefficient (Wildman–Crippen LogP) is 2.53. The molecule has 0 spiro atoms. The van der Waals surface area contributed by atoms with Gasteiger partial charge in [0.25, 0.3) is 0 Å². The van der Waals surface area contributed by atoms with E-state index in [1.165, 1.54) is 36.2 Å². The first-order chi connectivity index (χ1) is 8.69. The zero-order chi connectivity index (χ0) is 12.7. The third kappa shape index (κ3) is 1.99. The Morgan fingerprint density at radius 1 is 1.39 bits per heavy atom. The van der Waals surface area contributed by atoms with E-state index in [9.17, 15) is 0 Å². The summed E-state index contributed by atoms with van der Waals surface area (Å²) in [6.07, 6.45) is 4.74. The van der Waals surface area contributed by atoms with E-state index >= 15 is 0 Å². The van der Waals surface area contributed by atoms with Crippen molar-refractivity contribution in [1.82, 2.24) is 9.88 Å². The number of rotatable bonds is 4. The summed E-state index contributed by atoms with van der Waals surface area (Å²) in [5, 5.41) is 3.70. The van der Waals surface area contributed by atoms with Crippen LogP contribution in [0.15, 0.2) is 6.07 Å². The van der Waals surface area contributed by atoms with Crippen molar-refractivity contribution in [2.45, 2.75) is 71.4 Å². The number of ether oxygens (including phenoxy) is 1. The van der Waals surface area contributed by atoms with Crippen LogP contribution in [-0.2, 0) is 17.8 Å². The van der Waals surface area contributed by atoms with Crippen LogP contribution >= 0.6 is 0 Å². The maximum Gasteiger partial charge on any atom is 0.0733 e. The fraction of sp³-hybridized carbons (Fsp3) is 0.733. The number of aryl methyl sites for hydroxylation is 1. The number of hydrogen-bond acceptors (Lipinski definition) is 2. The lowest BCUT2D eigenvalue weighted by molar-refractivity contribution is 0.0973. The van der Waals surface area contributed by atoms with Gasteiger partial charge in [0.2, 0.25) is 0 Å². The Morgan fingerprint density at radius 2 is 2.22 bits per heavy atom. The molecule has 3 nitrogen and oxygen atoms in total. The number of hydrogen-bond donors (Lipinski definition) is 1. The first-order valence-electron chi connectivity index (χ1n) is 7.23. The summed E-state index contributed by atoms with van der Waals surface area (Å²) >= 11 is 0. The third-order valence-electron chi connectivity index (χ3n) is 4.66. The van der Waals surface area contributed by atoms with Gasteiger partial charge >= 0.3 is 0 Å². The molecule has 3 heterocycles. The lowest BCUT2D eigenvalue weighted by Crippen LogP contribution is -2.37. The molecule has 3 unspecified atom stereocenters. The average molecular weight is 248 g/mol. The van der Waals surface area contributed by atoms with Crippen molar-refractivity contribution in [2.24, 2.45) is 0 Å². The van der Waals surface area contributed by atoms with Crippen LogP contribution in [0.5, 0.6) is 0 Å². The molecule has 18 heavy (non-hydrogen) atoms. The zero-order valence-corrected chi connectivity index (χ0v) is 11.7. The van der Waals surface area contributed by atoms with E-state index in [0.717, 1.165) is 13.1 Å². The fourth-order valence-corrected chi connectivity index (χ4v) is 3.63. The van der Waals surface area contributed by atoms with Crippen LogP contribution in [0.3, 0.4) is 0 Å². The van der Waals surface area contributed by atoms with E-state index in [2.05, 4.69) is 36.7 Å². The van der Waals surface area contributed by atoms with Crippen LogP contribution in [-0.4, -0.2) is 22.8 Å². The summed E-state index contributed by atoms with van der Waals surface area (Å²) in [6, 6.07) is 2.90. The highest BCUT2D eigenvalue weighted by atomic mass is 16.5. The molecule has 1 N–H and O–H groups in total. The second-order valence-electron chi connectivity index (χ2n) is 5.74. The van der Waals surface area contributed by atoms with Crippen LogP contribution in [0.2, 0.25) is 0 Å². The van der Waals surface area contributed by atoms with Crippen molar-refractivity contribution in [3.8, 4) is 0 Å². The summed E-state index contributed by atoms with van der Waals surface area (Å²) < 4.78 is 8.27. The van der Waals surface area contributed by atoms with Gasteiger partial charge in [0.1, 0.15) is 0 Å². The van der Waals surface area contributed by atoms with Gasteiger partial charge in [-0.25, -0.2) is 0 Å². The van der Waals surface area contributed by atoms with Crippen molar-refractivity contribution in [3.63, 3.8) is 0 Å². The highest BCUT2D eigenvalue weighted by molar-refractivity contribution is 5.26. The standard InChI is InChI=1S/C15H24N2O/c1-4-17-10(2)7-12(11(17)3)9-16-14-8-13-5-6-15(14)18-13/h7,13-16H,4-6,8-9H2,1-3H3. The number of aromatic nitrogens is 1. The van der Waals surface area contributed by atoms with E-state index in [1.54, 1.807) is 0 Å². The molecular formula is C15H24N2O. The van der Waals surface area contributed by atoms with Gasteiger partial charge in [-0.05, 0) is 51.7 Å². The molecule has 3 rings (SSSR count). The molecule has 0 amide bonds. The van der Waals surface area contributed by atoms with Crippen LogP contribution in [0.4, 0.5) is 0 Å². The molecule has 2 fully saturated rings. The van der Waals surface area contributed by atoms with Crippen molar-refractivity contribution >= 4 is 0 Å². The molecule has 0 saturated carbocycles. The molecule has 2 aliphatic rings. The maximum absolute atomic E-state index is 5.89. The summed E-state index contributed by atoms with van der Waals surface area (Å²) in [5.74, 6) is 0. The Bertz CT molecular complexity index is 438. The van der Waals surface area contributed by atoms with E-state index < -0.39 is 0 Å². The first-order valence-corrected chi connectivity index (χ1v) is 7.23. The maximum atomic E-state index is 5.89. The molecular weight excluding hydrogens is 224 g/mol. The second kappa shape index (κ2) is 4.71.